The summed E-state index contributed by atoms with van der Waals surface area (Å²) in [6, 6.07) is 0. The van der Waals surface area contributed by atoms with E-state index in [1.54, 1.807) is 0 Å². The normalized spacial score (nSPS) is 43.4. The highest BCUT2D eigenvalue weighted by atomic mass is 32.2. The van der Waals surface area contributed by atoms with E-state index in [1.165, 1.54) is 11.5 Å². The monoisotopic (exact) mass is 188 g/mol. The van der Waals surface area contributed by atoms with Gasteiger partial charge in [-0.1, -0.05) is 0 Å². The van der Waals surface area contributed by atoms with Gasteiger partial charge in [-0.3, -0.25) is 4.79 Å². The lowest BCUT2D eigenvalue weighted by molar-refractivity contribution is -0.112. The molecule has 11 heavy (non-hydrogen) atoms. The van der Waals surface area contributed by atoms with E-state index in [0.29, 0.717) is 20.3 Å². The van der Waals surface area contributed by atoms with Crippen LogP contribution in [0.4, 0.5) is 0 Å². The number of fused-ring (bicyclic) bond motifs is 1. The van der Waals surface area contributed by atoms with E-state index in [2.05, 4.69) is 18.7 Å². The molecule has 2 unspecified atom stereocenters. The Kier molecular flexibility index (Phi) is 1.88. The van der Waals surface area contributed by atoms with Gasteiger partial charge in [-0.25, -0.2) is 0 Å². The van der Waals surface area contributed by atoms with Crippen LogP contribution in [0.5, 0.6) is 0 Å². The summed E-state index contributed by atoms with van der Waals surface area (Å²) in [6.07, 6.45) is 1.89. The van der Waals surface area contributed by atoms with E-state index < -0.39 is 0 Å². The highest BCUT2D eigenvalue weighted by Gasteiger charge is 2.36. The number of hydrogen-bond donors (Lipinski definition) is 0. The third kappa shape index (κ3) is 1.29. The lowest BCUT2D eigenvalue weighted by Gasteiger charge is -2.28. The highest BCUT2D eigenvalue weighted by Crippen LogP contribution is 2.52. The Bertz CT molecular complexity index is 234. The van der Waals surface area contributed by atoms with Crippen LogP contribution >= 0.6 is 22.2 Å². The van der Waals surface area contributed by atoms with Crippen molar-refractivity contribution in [3.8, 4) is 0 Å². The first-order valence-corrected chi connectivity index (χ1v) is 6.36. The number of hydrogen-bond acceptors (Lipinski definition) is 2. The molecule has 1 fully saturated rings. The fourth-order valence-electron chi connectivity index (χ4n) is 1.59. The van der Waals surface area contributed by atoms with Gasteiger partial charge >= 0.3 is 0 Å². The van der Waals surface area contributed by atoms with Gasteiger partial charge in [-0.05, 0) is 19.1 Å². The van der Waals surface area contributed by atoms with Crippen LogP contribution in [0.1, 0.15) is 19.8 Å². The molecule has 0 aromatic heterocycles. The van der Waals surface area contributed by atoms with Crippen molar-refractivity contribution in [3.63, 3.8) is 0 Å². The Balaban J connectivity index is 2.34. The van der Waals surface area contributed by atoms with Crippen molar-refractivity contribution in [3.05, 3.63) is 0 Å². The Morgan fingerprint density at radius 2 is 2.55 bits per heavy atom. The molecule has 0 aromatic rings. The van der Waals surface area contributed by atoms with Gasteiger partial charge in [0.1, 0.15) is 0 Å². The Labute approximate surface area is 73.9 Å². The van der Waals surface area contributed by atoms with E-state index in [0.717, 1.165) is 12.8 Å². The highest BCUT2D eigenvalue weighted by molar-refractivity contribution is 8.30. The van der Waals surface area contributed by atoms with E-state index >= 15 is 0 Å². The number of rotatable bonds is 0. The molecule has 0 amide bonds. The van der Waals surface area contributed by atoms with Crippen molar-refractivity contribution in [2.45, 2.75) is 23.8 Å². The molecule has 1 nitrogen and oxygen atoms in total. The lowest BCUT2D eigenvalue weighted by atomic mass is 10.2. The predicted molar refractivity (Wildman–Crippen MR) is 53.6 cm³/mol. The molecule has 0 spiro atoms. The summed E-state index contributed by atoms with van der Waals surface area (Å²) in [5.41, 5.74) is 0. The predicted octanol–water partition coefficient (Wildman–Crippen LogP) is 1.88. The van der Waals surface area contributed by atoms with Crippen LogP contribution in [0.25, 0.3) is 0 Å². The average molecular weight is 188 g/mol. The van der Waals surface area contributed by atoms with Crippen LogP contribution in [0, 0.1) is 0 Å². The van der Waals surface area contributed by atoms with Crippen molar-refractivity contribution in [1.29, 1.82) is 0 Å². The molecule has 2 aliphatic heterocycles. The van der Waals surface area contributed by atoms with Crippen LogP contribution in [0.3, 0.4) is 0 Å². The van der Waals surface area contributed by atoms with Crippen molar-refractivity contribution >= 4 is 33.4 Å². The molecule has 1 saturated heterocycles. The lowest BCUT2D eigenvalue weighted by Crippen LogP contribution is -2.22. The zero-order chi connectivity index (χ0) is 7.90. The molecule has 2 heterocycles. The quantitative estimate of drug-likeness (QED) is 0.540. The standard InChI is InChI=1S/C8H12OS2/c1-8-3-2-7(9)6-11(8)5-4-10-8/h6H,2-5H2,1H3. The fourth-order valence-corrected chi connectivity index (χ4v) is 6.17. The molecule has 3 heteroatoms. The SMILES string of the molecule is CC12CCC(=O)C=S1CCS2. The minimum atomic E-state index is 0.307. The fraction of sp³-hybridized carbons (Fsp3) is 0.750. The number of carbonyl (C=O) groups is 1. The van der Waals surface area contributed by atoms with Crippen molar-refractivity contribution < 1.29 is 4.79 Å². The van der Waals surface area contributed by atoms with Gasteiger partial charge in [0.15, 0.2) is 5.78 Å². The summed E-state index contributed by atoms with van der Waals surface area (Å²) in [6.45, 7) is 2.32. The van der Waals surface area contributed by atoms with Crippen molar-refractivity contribution in [1.82, 2.24) is 0 Å². The second-order valence-corrected chi connectivity index (χ2v) is 7.46. The van der Waals surface area contributed by atoms with Crippen LogP contribution in [0.2, 0.25) is 0 Å². The minimum absolute atomic E-state index is 0.307. The zero-order valence-electron chi connectivity index (χ0n) is 6.63. The number of thioether (sulfide) groups is 1. The van der Waals surface area contributed by atoms with Gasteiger partial charge < -0.3 is 0 Å². The summed E-state index contributed by atoms with van der Waals surface area (Å²) in [5, 5.41) is 1.99. The van der Waals surface area contributed by atoms with Gasteiger partial charge in [0.05, 0.1) is 4.08 Å². The van der Waals surface area contributed by atoms with Crippen LogP contribution in [-0.2, 0) is 4.79 Å². The molecular weight excluding hydrogens is 176 g/mol. The average Bonchev–Trinajstić information content (AvgIpc) is 2.31. The zero-order valence-corrected chi connectivity index (χ0v) is 8.26. The van der Waals surface area contributed by atoms with Crippen LogP contribution < -0.4 is 0 Å². The molecular formula is C8H12OS2. The number of Topliss-reactive ketones (excluding diaryl/α,β-unsaturated/α-hetero) is 1. The first kappa shape index (κ1) is 7.87. The van der Waals surface area contributed by atoms with E-state index in [4.69, 9.17) is 0 Å². The Hall–Kier alpha value is 0.240. The van der Waals surface area contributed by atoms with Crippen LogP contribution in [0.15, 0.2) is 0 Å². The largest absolute Gasteiger partial charge is 0.294 e. The van der Waals surface area contributed by atoms with Gasteiger partial charge in [0.2, 0.25) is 0 Å². The Morgan fingerprint density at radius 1 is 1.73 bits per heavy atom. The summed E-state index contributed by atoms with van der Waals surface area (Å²) in [7, 11) is 0.307. The second kappa shape index (κ2) is 2.63. The van der Waals surface area contributed by atoms with E-state index in [9.17, 15) is 4.79 Å². The maximum absolute atomic E-state index is 11.1. The third-order valence-corrected chi connectivity index (χ3v) is 7.35. The maximum Gasteiger partial charge on any atom is 0.161 e. The molecule has 62 valence electrons. The van der Waals surface area contributed by atoms with E-state index in [-0.39, 0.29) is 0 Å². The smallest absolute Gasteiger partial charge is 0.161 e. The molecule has 2 atom stereocenters. The molecule has 0 aromatic carbocycles. The van der Waals surface area contributed by atoms with Gasteiger partial charge in [0.25, 0.3) is 0 Å². The molecule has 0 N–H and O–H groups in total. The van der Waals surface area contributed by atoms with Gasteiger partial charge in [-0.2, -0.15) is 10.5 Å². The first-order chi connectivity index (χ1) is 5.21. The molecule has 0 bridgehead atoms. The first-order valence-electron chi connectivity index (χ1n) is 3.92. The van der Waals surface area contributed by atoms with Crippen LogP contribution in [-0.4, -0.2) is 26.7 Å². The topological polar surface area (TPSA) is 17.1 Å². The Morgan fingerprint density at radius 3 is 3.36 bits per heavy atom. The molecule has 0 aliphatic carbocycles. The summed E-state index contributed by atoms with van der Waals surface area (Å²) in [5.74, 6) is 2.88. The van der Waals surface area contributed by atoms with Gasteiger partial charge in [-0.15, -0.1) is 11.8 Å². The maximum atomic E-state index is 11.1. The second-order valence-electron chi connectivity index (χ2n) is 3.20. The number of ketones is 1. The van der Waals surface area contributed by atoms with Crippen molar-refractivity contribution in [2.24, 2.45) is 0 Å². The molecule has 2 rings (SSSR count). The minimum Gasteiger partial charge on any atom is -0.294 e. The van der Waals surface area contributed by atoms with Crippen molar-refractivity contribution in [2.75, 3.05) is 11.5 Å². The molecule has 0 saturated carbocycles. The third-order valence-electron chi connectivity index (χ3n) is 2.36. The van der Waals surface area contributed by atoms with E-state index in [1.807, 2.05) is 5.37 Å². The molecule has 2 aliphatic rings. The van der Waals surface area contributed by atoms with Gasteiger partial charge in [0, 0.05) is 17.5 Å². The summed E-state index contributed by atoms with van der Waals surface area (Å²) in [4.78, 5) is 11.1. The summed E-state index contributed by atoms with van der Waals surface area (Å²) < 4.78 is 0.438. The molecule has 0 radical (unpaired) electrons. The number of carbonyl (C=O) groups excluding carboxylic acids is 1. The summed E-state index contributed by atoms with van der Waals surface area (Å²) >= 11 is 2.06.